The third kappa shape index (κ3) is 4.33. The van der Waals surface area contributed by atoms with Crippen LogP contribution in [0.4, 0.5) is 0 Å². The minimum absolute atomic E-state index is 0.0414. The summed E-state index contributed by atoms with van der Waals surface area (Å²) in [5, 5.41) is 4.95. The Morgan fingerprint density at radius 2 is 2.21 bits per heavy atom. The molecule has 1 aromatic heterocycles. The molecule has 0 radical (unpaired) electrons. The summed E-state index contributed by atoms with van der Waals surface area (Å²) < 4.78 is 1.00. The van der Waals surface area contributed by atoms with E-state index in [2.05, 4.69) is 21.2 Å². The molecule has 1 aromatic carbocycles. The van der Waals surface area contributed by atoms with Crippen LogP contribution in [0.5, 0.6) is 0 Å². The Labute approximate surface area is 125 Å². The molecule has 0 spiro atoms. The number of halogens is 1. The lowest BCUT2D eigenvalue weighted by Gasteiger charge is -2.09. The normalized spacial score (nSPS) is 12.5. The summed E-state index contributed by atoms with van der Waals surface area (Å²) in [5.74, 6) is -0.0825. The molecule has 0 bridgehead atoms. The van der Waals surface area contributed by atoms with Crippen molar-refractivity contribution in [3.8, 4) is 0 Å². The van der Waals surface area contributed by atoms with Gasteiger partial charge in [-0.3, -0.25) is 4.79 Å². The highest BCUT2D eigenvalue weighted by Gasteiger charge is 2.07. The van der Waals surface area contributed by atoms with Crippen molar-refractivity contribution in [2.75, 3.05) is 0 Å². The van der Waals surface area contributed by atoms with Gasteiger partial charge in [0.1, 0.15) is 0 Å². The average molecular weight is 336 g/mol. The summed E-state index contributed by atoms with van der Waals surface area (Å²) >= 11 is 5.05. The number of carbonyl (C=O) groups excluding carboxylic acids is 1. The first-order valence-corrected chi connectivity index (χ1v) is 7.60. The van der Waals surface area contributed by atoms with Crippen molar-refractivity contribution in [2.45, 2.75) is 13.0 Å². The fraction of sp³-hybridized carbons (Fsp3) is 0.133. The van der Waals surface area contributed by atoms with Crippen molar-refractivity contribution in [3.05, 3.63) is 62.8 Å². The molecule has 1 N–H and O–H groups in total. The quantitative estimate of drug-likeness (QED) is 0.824. The van der Waals surface area contributed by atoms with Crippen LogP contribution in [0.1, 0.15) is 23.4 Å². The van der Waals surface area contributed by atoms with Gasteiger partial charge in [-0.25, -0.2) is 0 Å². The van der Waals surface area contributed by atoms with Crippen LogP contribution in [0.2, 0.25) is 0 Å². The number of hydrogen-bond donors (Lipinski definition) is 1. The summed E-state index contributed by atoms with van der Waals surface area (Å²) in [5.41, 5.74) is 0.994. The van der Waals surface area contributed by atoms with Gasteiger partial charge in [-0.2, -0.15) is 0 Å². The van der Waals surface area contributed by atoms with Crippen molar-refractivity contribution in [1.29, 1.82) is 0 Å². The number of thiophene rings is 1. The summed E-state index contributed by atoms with van der Waals surface area (Å²) in [6.45, 7) is 1.98. The Kier molecular flexibility index (Phi) is 4.93. The third-order valence-electron chi connectivity index (χ3n) is 2.60. The van der Waals surface area contributed by atoms with Gasteiger partial charge in [-0.05, 0) is 42.1 Å². The zero-order valence-electron chi connectivity index (χ0n) is 10.5. The van der Waals surface area contributed by atoms with Gasteiger partial charge in [-0.15, -0.1) is 11.3 Å². The largest absolute Gasteiger partial charge is 0.345 e. The first kappa shape index (κ1) is 14.0. The lowest BCUT2D eigenvalue weighted by molar-refractivity contribution is -0.117. The van der Waals surface area contributed by atoms with Gasteiger partial charge >= 0.3 is 0 Å². The molecule has 0 fully saturated rings. The standard InChI is InChI=1S/C15H14BrNOS/c1-11(14-6-3-9-19-14)17-15(18)8-7-12-4-2-5-13(16)10-12/h2-11H,1H3,(H,17,18)/b8-7+. The Bertz CT molecular complexity index is 578. The predicted octanol–water partition coefficient (Wildman–Crippen LogP) is 4.40. The van der Waals surface area contributed by atoms with Crippen molar-refractivity contribution in [1.82, 2.24) is 5.32 Å². The van der Waals surface area contributed by atoms with Crippen molar-refractivity contribution in [2.24, 2.45) is 0 Å². The fourth-order valence-corrected chi connectivity index (χ4v) is 2.80. The molecule has 0 aliphatic carbocycles. The van der Waals surface area contributed by atoms with E-state index in [1.165, 1.54) is 0 Å². The minimum atomic E-state index is -0.0825. The monoisotopic (exact) mass is 335 g/mol. The molecule has 2 rings (SSSR count). The van der Waals surface area contributed by atoms with Gasteiger partial charge in [0.2, 0.25) is 5.91 Å². The molecular weight excluding hydrogens is 322 g/mol. The maximum Gasteiger partial charge on any atom is 0.244 e. The van der Waals surface area contributed by atoms with Crippen LogP contribution < -0.4 is 5.32 Å². The highest BCUT2D eigenvalue weighted by atomic mass is 79.9. The van der Waals surface area contributed by atoms with Crippen molar-refractivity contribution < 1.29 is 4.79 Å². The number of nitrogens with one attached hydrogen (secondary N) is 1. The predicted molar refractivity (Wildman–Crippen MR) is 84.1 cm³/mol. The van der Waals surface area contributed by atoms with Crippen LogP contribution in [0.25, 0.3) is 6.08 Å². The summed E-state index contributed by atoms with van der Waals surface area (Å²) in [6.07, 6.45) is 3.37. The van der Waals surface area contributed by atoms with E-state index in [4.69, 9.17) is 0 Å². The average Bonchev–Trinajstić information content (AvgIpc) is 2.90. The number of rotatable bonds is 4. The molecule has 1 heterocycles. The van der Waals surface area contributed by atoms with E-state index in [-0.39, 0.29) is 11.9 Å². The van der Waals surface area contributed by atoms with E-state index in [0.717, 1.165) is 14.9 Å². The molecule has 2 nitrogen and oxygen atoms in total. The van der Waals surface area contributed by atoms with Crippen LogP contribution >= 0.6 is 27.3 Å². The van der Waals surface area contributed by atoms with E-state index in [9.17, 15) is 4.79 Å². The molecule has 1 unspecified atom stereocenters. The first-order valence-electron chi connectivity index (χ1n) is 5.93. The SMILES string of the molecule is CC(NC(=O)/C=C/c1cccc(Br)c1)c1cccs1. The molecule has 0 saturated carbocycles. The smallest absolute Gasteiger partial charge is 0.244 e. The molecule has 2 aromatic rings. The second-order valence-corrected chi connectivity index (χ2v) is 6.03. The fourth-order valence-electron chi connectivity index (χ4n) is 1.65. The number of carbonyl (C=O) groups is 1. The number of amides is 1. The first-order chi connectivity index (χ1) is 9.15. The Hall–Kier alpha value is -1.39. The molecule has 1 amide bonds. The lowest BCUT2D eigenvalue weighted by atomic mass is 10.2. The van der Waals surface area contributed by atoms with Crippen LogP contribution in [0, 0.1) is 0 Å². The van der Waals surface area contributed by atoms with Gasteiger partial charge < -0.3 is 5.32 Å². The van der Waals surface area contributed by atoms with Gasteiger partial charge in [0.05, 0.1) is 6.04 Å². The number of benzene rings is 1. The Morgan fingerprint density at radius 1 is 1.37 bits per heavy atom. The Morgan fingerprint density at radius 3 is 2.89 bits per heavy atom. The molecule has 4 heteroatoms. The van der Waals surface area contributed by atoms with E-state index >= 15 is 0 Å². The van der Waals surface area contributed by atoms with Crippen LogP contribution in [0.3, 0.4) is 0 Å². The van der Waals surface area contributed by atoms with E-state index in [0.29, 0.717) is 0 Å². The third-order valence-corrected chi connectivity index (χ3v) is 4.15. The summed E-state index contributed by atoms with van der Waals surface area (Å²) in [6, 6.07) is 11.9. The topological polar surface area (TPSA) is 29.1 Å². The van der Waals surface area contributed by atoms with E-state index in [1.54, 1.807) is 23.5 Å². The molecule has 0 aliphatic rings. The minimum Gasteiger partial charge on any atom is -0.345 e. The molecule has 1 atom stereocenters. The molecule has 0 aliphatic heterocycles. The van der Waals surface area contributed by atoms with Gasteiger partial charge in [0, 0.05) is 15.4 Å². The molecule has 98 valence electrons. The zero-order chi connectivity index (χ0) is 13.7. The molecule has 0 saturated heterocycles. The van der Waals surface area contributed by atoms with Crippen molar-refractivity contribution >= 4 is 39.2 Å². The van der Waals surface area contributed by atoms with Crippen LogP contribution in [-0.2, 0) is 4.79 Å². The van der Waals surface area contributed by atoms with Gasteiger partial charge in [0.15, 0.2) is 0 Å². The maximum absolute atomic E-state index is 11.8. The van der Waals surface area contributed by atoms with Crippen LogP contribution in [0.15, 0.2) is 52.3 Å². The van der Waals surface area contributed by atoms with Gasteiger partial charge in [0.25, 0.3) is 0 Å². The maximum atomic E-state index is 11.8. The lowest BCUT2D eigenvalue weighted by Crippen LogP contribution is -2.23. The van der Waals surface area contributed by atoms with E-state index < -0.39 is 0 Å². The molecule has 19 heavy (non-hydrogen) atoms. The van der Waals surface area contributed by atoms with Crippen LogP contribution in [-0.4, -0.2) is 5.91 Å². The Balaban J connectivity index is 1.94. The highest BCUT2D eigenvalue weighted by Crippen LogP contribution is 2.18. The highest BCUT2D eigenvalue weighted by molar-refractivity contribution is 9.10. The summed E-state index contributed by atoms with van der Waals surface area (Å²) in [7, 11) is 0. The second kappa shape index (κ2) is 6.68. The number of hydrogen-bond acceptors (Lipinski definition) is 2. The van der Waals surface area contributed by atoms with Gasteiger partial charge in [-0.1, -0.05) is 34.1 Å². The van der Waals surface area contributed by atoms with E-state index in [1.807, 2.05) is 48.7 Å². The summed E-state index contributed by atoms with van der Waals surface area (Å²) in [4.78, 5) is 13.0. The van der Waals surface area contributed by atoms with Crippen molar-refractivity contribution in [3.63, 3.8) is 0 Å². The second-order valence-electron chi connectivity index (χ2n) is 4.13. The zero-order valence-corrected chi connectivity index (χ0v) is 12.9. The molecular formula is C15H14BrNOS.